The van der Waals surface area contributed by atoms with Crippen LogP contribution in [-0.4, -0.2) is 41.0 Å². The van der Waals surface area contributed by atoms with Crippen molar-refractivity contribution in [3.63, 3.8) is 0 Å². The number of hydrogen-bond donors (Lipinski definition) is 1. The van der Waals surface area contributed by atoms with Crippen molar-refractivity contribution in [3.8, 4) is 0 Å². The molecule has 0 aliphatic carbocycles. The largest absolute Gasteiger partial charge is 0.312 e. The van der Waals surface area contributed by atoms with Gasteiger partial charge in [-0.05, 0) is 48.5 Å². The van der Waals surface area contributed by atoms with E-state index in [2.05, 4.69) is 15.5 Å². The predicted molar refractivity (Wildman–Crippen MR) is 127 cm³/mol. The Labute approximate surface area is 203 Å². The summed E-state index contributed by atoms with van der Waals surface area (Å²) >= 11 is 7.16. The van der Waals surface area contributed by atoms with Gasteiger partial charge in [0.2, 0.25) is 22.9 Å². The number of nitrogens with zero attached hydrogens (tertiary/aromatic N) is 4. The van der Waals surface area contributed by atoms with Gasteiger partial charge in [0.15, 0.2) is 0 Å². The van der Waals surface area contributed by atoms with E-state index in [4.69, 9.17) is 11.6 Å². The van der Waals surface area contributed by atoms with Gasteiger partial charge in [-0.15, -0.1) is 10.2 Å². The van der Waals surface area contributed by atoms with Crippen molar-refractivity contribution in [1.82, 2.24) is 10.2 Å². The van der Waals surface area contributed by atoms with Crippen LogP contribution < -0.4 is 15.1 Å². The summed E-state index contributed by atoms with van der Waals surface area (Å²) in [5.41, 5.74) is 1.32. The normalized spacial score (nSPS) is 20.3. The molecule has 2 saturated heterocycles. The molecule has 0 bridgehead atoms. The third-order valence-corrected chi connectivity index (χ3v) is 7.17. The summed E-state index contributed by atoms with van der Waals surface area (Å²) < 4.78 is 13.2. The minimum absolute atomic E-state index is 0.0153. The van der Waals surface area contributed by atoms with Gasteiger partial charge in [-0.2, -0.15) is 0 Å². The number of hydrogen-bond acceptors (Lipinski definition) is 6. The average molecular weight is 500 g/mol. The number of nitrogens with one attached hydrogen (secondary N) is 1. The molecule has 2 aliphatic heterocycles. The highest BCUT2D eigenvalue weighted by Crippen LogP contribution is 2.35. The summed E-state index contributed by atoms with van der Waals surface area (Å²) in [5, 5.41) is 12.6. The fourth-order valence-electron chi connectivity index (χ4n) is 4.15. The van der Waals surface area contributed by atoms with E-state index < -0.39 is 11.7 Å². The SMILES string of the molecule is O=C(Nc1nnc(C2CC(=O)N(c3ccc(Cl)cc3)C2)s1)C1CC(=O)N(c2ccc(F)cc2)C1. The van der Waals surface area contributed by atoms with Crippen LogP contribution in [0, 0.1) is 11.7 Å². The second-order valence-corrected chi connectivity index (χ2v) is 9.64. The molecule has 2 aliphatic rings. The van der Waals surface area contributed by atoms with Crippen LogP contribution in [0.25, 0.3) is 0 Å². The Morgan fingerprint density at radius 2 is 1.56 bits per heavy atom. The van der Waals surface area contributed by atoms with Gasteiger partial charge in [0.25, 0.3) is 0 Å². The Morgan fingerprint density at radius 3 is 2.26 bits per heavy atom. The van der Waals surface area contributed by atoms with Crippen LogP contribution >= 0.6 is 22.9 Å². The second-order valence-electron chi connectivity index (χ2n) is 8.20. The van der Waals surface area contributed by atoms with Gasteiger partial charge in [-0.3, -0.25) is 14.4 Å². The van der Waals surface area contributed by atoms with Crippen molar-refractivity contribution in [2.24, 2.45) is 5.92 Å². The summed E-state index contributed by atoms with van der Waals surface area (Å²) in [5.74, 6) is -1.62. The molecule has 2 fully saturated rings. The Bertz CT molecular complexity index is 1250. The predicted octanol–water partition coefficient (Wildman–Crippen LogP) is 3.84. The fraction of sp³-hybridized carbons (Fsp3) is 0.261. The maximum atomic E-state index is 13.2. The number of carbonyl (C=O) groups excluding carboxylic acids is 3. The van der Waals surface area contributed by atoms with E-state index in [1.54, 1.807) is 29.2 Å². The van der Waals surface area contributed by atoms with E-state index >= 15 is 0 Å². The summed E-state index contributed by atoms with van der Waals surface area (Å²) in [6.45, 7) is 0.669. The maximum Gasteiger partial charge on any atom is 0.231 e. The highest BCUT2D eigenvalue weighted by Gasteiger charge is 2.37. The first-order valence-corrected chi connectivity index (χ1v) is 11.8. The van der Waals surface area contributed by atoms with Gasteiger partial charge >= 0.3 is 0 Å². The number of anilines is 3. The third kappa shape index (κ3) is 4.51. The smallest absolute Gasteiger partial charge is 0.231 e. The standard InChI is InChI=1S/C23H19ClFN5O3S/c24-15-1-5-17(6-2-15)30-12-14(10-20(30)32)22-27-28-23(34-22)26-21(33)13-9-19(31)29(11-13)18-7-3-16(25)4-8-18/h1-8,13-14H,9-12H2,(H,26,28,33). The molecule has 0 radical (unpaired) electrons. The number of carbonyl (C=O) groups is 3. The van der Waals surface area contributed by atoms with Crippen LogP contribution in [0.3, 0.4) is 0 Å². The van der Waals surface area contributed by atoms with Crippen LogP contribution in [0.15, 0.2) is 48.5 Å². The summed E-state index contributed by atoms with van der Waals surface area (Å²) in [6, 6.07) is 12.7. The lowest BCUT2D eigenvalue weighted by atomic mass is 10.1. The molecule has 3 heterocycles. The van der Waals surface area contributed by atoms with Crippen molar-refractivity contribution in [3.05, 3.63) is 64.4 Å². The number of amides is 3. The topological polar surface area (TPSA) is 95.5 Å². The van der Waals surface area contributed by atoms with Gasteiger partial charge < -0.3 is 15.1 Å². The molecule has 3 aromatic rings. The lowest BCUT2D eigenvalue weighted by Gasteiger charge is -2.16. The monoisotopic (exact) mass is 499 g/mol. The van der Waals surface area contributed by atoms with Crippen LogP contribution in [0.2, 0.25) is 5.02 Å². The molecule has 3 amide bonds. The third-order valence-electron chi connectivity index (χ3n) is 5.92. The zero-order valence-corrected chi connectivity index (χ0v) is 19.4. The molecule has 8 nitrogen and oxygen atoms in total. The highest BCUT2D eigenvalue weighted by atomic mass is 35.5. The van der Waals surface area contributed by atoms with Gasteiger partial charge in [-0.25, -0.2) is 4.39 Å². The number of halogens is 2. The Morgan fingerprint density at radius 1 is 0.941 bits per heavy atom. The first-order valence-electron chi connectivity index (χ1n) is 10.6. The van der Waals surface area contributed by atoms with Gasteiger partial charge in [0.1, 0.15) is 10.8 Å². The lowest BCUT2D eigenvalue weighted by Crippen LogP contribution is -2.28. The molecule has 0 spiro atoms. The lowest BCUT2D eigenvalue weighted by molar-refractivity contribution is -0.122. The van der Waals surface area contributed by atoms with E-state index in [-0.39, 0.29) is 36.6 Å². The molecular weight excluding hydrogens is 481 g/mol. The van der Waals surface area contributed by atoms with Crippen molar-refractivity contribution < 1.29 is 18.8 Å². The molecule has 2 atom stereocenters. The number of rotatable bonds is 5. The molecule has 11 heteroatoms. The summed E-state index contributed by atoms with van der Waals surface area (Å²) in [7, 11) is 0. The van der Waals surface area contributed by atoms with Crippen LogP contribution in [0.5, 0.6) is 0 Å². The highest BCUT2D eigenvalue weighted by molar-refractivity contribution is 7.15. The van der Waals surface area contributed by atoms with Gasteiger partial charge in [0, 0.05) is 48.2 Å². The molecule has 1 aromatic heterocycles. The van der Waals surface area contributed by atoms with Crippen LogP contribution in [0.1, 0.15) is 23.8 Å². The average Bonchev–Trinajstić information content (AvgIpc) is 3.54. The van der Waals surface area contributed by atoms with Gasteiger partial charge in [0.05, 0.1) is 5.92 Å². The van der Waals surface area contributed by atoms with Crippen molar-refractivity contribution >= 4 is 57.2 Å². The molecule has 5 rings (SSSR count). The maximum absolute atomic E-state index is 13.2. The molecule has 34 heavy (non-hydrogen) atoms. The minimum Gasteiger partial charge on any atom is -0.312 e. The van der Waals surface area contributed by atoms with Crippen molar-refractivity contribution in [2.75, 3.05) is 28.2 Å². The quantitative estimate of drug-likeness (QED) is 0.575. The van der Waals surface area contributed by atoms with Crippen molar-refractivity contribution in [1.29, 1.82) is 0 Å². The molecule has 0 saturated carbocycles. The van der Waals surface area contributed by atoms with Crippen LogP contribution in [0.4, 0.5) is 20.9 Å². The van der Waals surface area contributed by atoms with Crippen LogP contribution in [-0.2, 0) is 14.4 Å². The molecular formula is C23H19ClFN5O3S. The molecule has 2 unspecified atom stereocenters. The van der Waals surface area contributed by atoms with E-state index in [1.807, 2.05) is 0 Å². The number of benzene rings is 2. The first kappa shape index (κ1) is 22.4. The molecule has 2 aromatic carbocycles. The van der Waals surface area contributed by atoms with Crippen molar-refractivity contribution in [2.45, 2.75) is 18.8 Å². The second kappa shape index (κ2) is 9.11. The molecule has 1 N–H and O–H groups in total. The summed E-state index contributed by atoms with van der Waals surface area (Å²) in [4.78, 5) is 40.8. The minimum atomic E-state index is -0.557. The van der Waals surface area contributed by atoms with E-state index in [0.717, 1.165) is 5.69 Å². The van der Waals surface area contributed by atoms with E-state index in [9.17, 15) is 18.8 Å². The Balaban J connectivity index is 1.21. The van der Waals surface area contributed by atoms with E-state index in [1.165, 1.54) is 40.5 Å². The Kier molecular flexibility index (Phi) is 6.01. The molecule has 174 valence electrons. The summed E-state index contributed by atoms with van der Waals surface area (Å²) in [6.07, 6.45) is 0.358. The first-order chi connectivity index (χ1) is 16.4. The Hall–Kier alpha value is -3.37. The van der Waals surface area contributed by atoms with E-state index in [0.29, 0.717) is 33.8 Å². The zero-order chi connectivity index (χ0) is 23.8. The van der Waals surface area contributed by atoms with Gasteiger partial charge in [-0.1, -0.05) is 22.9 Å². The fourth-order valence-corrected chi connectivity index (χ4v) is 5.12. The zero-order valence-electron chi connectivity index (χ0n) is 17.8. The number of aromatic nitrogens is 2.